The van der Waals surface area contributed by atoms with Crippen LogP contribution in [-0.4, -0.2) is 79.4 Å². The van der Waals surface area contributed by atoms with Crippen molar-refractivity contribution in [2.75, 3.05) is 45.9 Å². The van der Waals surface area contributed by atoms with Gasteiger partial charge in [-0.2, -0.15) is 5.26 Å². The lowest BCUT2D eigenvalue weighted by atomic mass is 9.71. The van der Waals surface area contributed by atoms with E-state index < -0.39 is 12.2 Å². The third-order valence-corrected chi connectivity index (χ3v) is 7.37. The zero-order valence-electron chi connectivity index (χ0n) is 16.8. The molecule has 2 heterocycles. The van der Waals surface area contributed by atoms with Crippen molar-refractivity contribution in [3.63, 3.8) is 0 Å². The lowest BCUT2D eigenvalue weighted by Gasteiger charge is -2.44. The molecule has 7 heteroatoms. The van der Waals surface area contributed by atoms with Crippen molar-refractivity contribution in [1.82, 2.24) is 15.1 Å². The molecule has 0 aromatic carbocycles. The van der Waals surface area contributed by atoms with Crippen LogP contribution in [0.15, 0.2) is 0 Å². The first-order chi connectivity index (χ1) is 12.8. The number of rotatable bonds is 5. The molecule has 1 N–H and O–H groups in total. The number of halogens is 1. The number of nitrogens with one attached hydrogen (secondary N) is 1. The molecule has 1 saturated carbocycles. The predicted octanol–water partition coefficient (Wildman–Crippen LogP) is 1.57. The van der Waals surface area contributed by atoms with Gasteiger partial charge in [0.1, 0.15) is 12.2 Å². The quantitative estimate of drug-likeness (QED) is 0.784. The normalized spacial score (nSPS) is 36.7. The molecule has 3 rings (SSSR count). The highest BCUT2D eigenvalue weighted by Crippen LogP contribution is 2.50. The first-order valence-electron chi connectivity index (χ1n) is 10.1. The van der Waals surface area contributed by atoms with Gasteiger partial charge in [-0.15, -0.1) is 0 Å². The second-order valence-corrected chi connectivity index (χ2v) is 9.08. The summed E-state index contributed by atoms with van der Waals surface area (Å²) in [4.78, 5) is 16.5. The maximum atomic E-state index is 13.6. The summed E-state index contributed by atoms with van der Waals surface area (Å²) in [5.74, 6) is 0.382. The van der Waals surface area contributed by atoms with Gasteiger partial charge in [0.2, 0.25) is 5.91 Å². The van der Waals surface area contributed by atoms with Gasteiger partial charge in [-0.3, -0.25) is 9.69 Å². The summed E-state index contributed by atoms with van der Waals surface area (Å²) in [7, 11) is 0. The minimum atomic E-state index is -1.09. The zero-order valence-corrected chi connectivity index (χ0v) is 16.8. The first-order valence-corrected chi connectivity index (χ1v) is 10.1. The van der Waals surface area contributed by atoms with Crippen LogP contribution in [0.5, 0.6) is 0 Å². The van der Waals surface area contributed by atoms with Gasteiger partial charge in [-0.25, -0.2) is 4.39 Å². The van der Waals surface area contributed by atoms with Crippen molar-refractivity contribution in [2.24, 2.45) is 11.3 Å². The smallest absolute Gasteiger partial charge is 0.237 e. The fourth-order valence-corrected chi connectivity index (χ4v) is 4.88. The molecule has 3 aliphatic rings. The summed E-state index contributed by atoms with van der Waals surface area (Å²) < 4.78 is 19.1. The number of morpholine rings is 1. The third-order valence-electron chi connectivity index (χ3n) is 7.37. The minimum absolute atomic E-state index is 0.0356. The van der Waals surface area contributed by atoms with Crippen LogP contribution in [0.3, 0.4) is 0 Å². The Morgan fingerprint density at radius 3 is 2.70 bits per heavy atom. The van der Waals surface area contributed by atoms with E-state index in [9.17, 15) is 9.18 Å². The molecule has 6 nitrogen and oxygen atoms in total. The molecule has 152 valence electrons. The van der Waals surface area contributed by atoms with Gasteiger partial charge in [-0.1, -0.05) is 13.8 Å². The summed E-state index contributed by atoms with van der Waals surface area (Å²) in [5, 5.41) is 12.6. The maximum Gasteiger partial charge on any atom is 0.237 e. The largest absolute Gasteiger partial charge is 0.379 e. The molecule has 2 saturated heterocycles. The predicted molar refractivity (Wildman–Crippen MR) is 101 cm³/mol. The molecule has 0 bridgehead atoms. The number of ether oxygens (including phenoxy) is 1. The number of carbonyl (C=O) groups is 1. The Morgan fingerprint density at radius 2 is 2.04 bits per heavy atom. The van der Waals surface area contributed by atoms with Crippen molar-refractivity contribution >= 4 is 5.91 Å². The van der Waals surface area contributed by atoms with E-state index in [0.717, 1.165) is 45.7 Å². The lowest BCUT2D eigenvalue weighted by Crippen LogP contribution is -2.56. The second-order valence-electron chi connectivity index (χ2n) is 9.08. The molecule has 2 unspecified atom stereocenters. The van der Waals surface area contributed by atoms with Crippen molar-refractivity contribution in [2.45, 2.75) is 57.8 Å². The van der Waals surface area contributed by atoms with Gasteiger partial charge < -0.3 is 15.0 Å². The number of likely N-dealkylation sites (tertiary alicyclic amines) is 1. The van der Waals surface area contributed by atoms with Crippen molar-refractivity contribution < 1.29 is 13.9 Å². The van der Waals surface area contributed by atoms with Crippen molar-refractivity contribution in [1.29, 1.82) is 5.26 Å². The van der Waals surface area contributed by atoms with E-state index >= 15 is 0 Å². The number of amides is 1. The number of carbonyl (C=O) groups excluding carboxylic acids is 1. The van der Waals surface area contributed by atoms with Crippen LogP contribution in [-0.2, 0) is 9.53 Å². The van der Waals surface area contributed by atoms with Gasteiger partial charge in [0.05, 0.1) is 32.4 Å². The number of alkyl halides is 1. The Bertz CT molecular complexity index is 587. The Labute approximate surface area is 162 Å². The van der Waals surface area contributed by atoms with E-state index in [-0.39, 0.29) is 36.4 Å². The average molecular weight is 381 g/mol. The first kappa shape index (κ1) is 20.5. The van der Waals surface area contributed by atoms with E-state index in [1.165, 1.54) is 4.90 Å². The number of hydrogen-bond acceptors (Lipinski definition) is 5. The van der Waals surface area contributed by atoms with Crippen LogP contribution in [0.2, 0.25) is 0 Å². The number of nitrogens with zero attached hydrogens (tertiary/aromatic N) is 3. The molecule has 4 atom stereocenters. The average Bonchev–Trinajstić information content (AvgIpc) is 3.13. The molecule has 0 radical (unpaired) electrons. The summed E-state index contributed by atoms with van der Waals surface area (Å²) >= 11 is 0. The fraction of sp³-hybridized carbons (Fsp3) is 0.900. The molecule has 2 aliphatic heterocycles. The topological polar surface area (TPSA) is 68.6 Å². The monoisotopic (exact) mass is 380 g/mol. The van der Waals surface area contributed by atoms with Gasteiger partial charge >= 0.3 is 0 Å². The summed E-state index contributed by atoms with van der Waals surface area (Å²) in [5.41, 5.74) is -0.121. The van der Waals surface area contributed by atoms with Crippen LogP contribution < -0.4 is 5.32 Å². The molecule has 0 aromatic heterocycles. The molecule has 3 fully saturated rings. The molecule has 27 heavy (non-hydrogen) atoms. The van der Waals surface area contributed by atoms with E-state index in [0.29, 0.717) is 5.92 Å². The Morgan fingerprint density at radius 1 is 1.33 bits per heavy atom. The van der Waals surface area contributed by atoms with Gasteiger partial charge in [-0.05, 0) is 31.1 Å². The van der Waals surface area contributed by atoms with Crippen molar-refractivity contribution in [3.8, 4) is 6.07 Å². The van der Waals surface area contributed by atoms with Gasteiger partial charge in [0.15, 0.2) is 0 Å². The molecule has 0 spiro atoms. The molecular formula is C20H33FN4O2. The van der Waals surface area contributed by atoms with Crippen LogP contribution in [0.1, 0.15) is 40.0 Å². The molecule has 1 aliphatic carbocycles. The Hall–Kier alpha value is -1.23. The van der Waals surface area contributed by atoms with Crippen molar-refractivity contribution in [3.05, 3.63) is 0 Å². The van der Waals surface area contributed by atoms with Crippen LogP contribution in [0, 0.1) is 22.7 Å². The summed E-state index contributed by atoms with van der Waals surface area (Å²) in [6, 6.07) is 1.42. The van der Waals surface area contributed by atoms with E-state index in [2.05, 4.69) is 37.1 Å². The van der Waals surface area contributed by atoms with Gasteiger partial charge in [0.25, 0.3) is 0 Å². The second kappa shape index (κ2) is 8.02. The lowest BCUT2D eigenvalue weighted by molar-refractivity contribution is -0.131. The van der Waals surface area contributed by atoms with E-state index in [1.54, 1.807) is 0 Å². The zero-order chi connectivity index (χ0) is 19.7. The van der Waals surface area contributed by atoms with E-state index in [1.807, 2.05) is 0 Å². The van der Waals surface area contributed by atoms with Crippen LogP contribution in [0.4, 0.5) is 4.39 Å². The standard InChI is InChI=1S/C20H33FN4O2/c1-19(2)15(13-24-6-8-27-9-7-24)4-5-20(19,3)23-12-18(26)25-14-16(21)10-17(25)11-22/h15-17,23H,4-10,12-14H2,1-3H3/t15-,16?,17?,20-/m0/s1. The highest BCUT2D eigenvalue weighted by Gasteiger charge is 2.51. The Kier molecular flexibility index (Phi) is 6.09. The molecule has 1 amide bonds. The summed E-state index contributed by atoms with van der Waals surface area (Å²) in [6.45, 7) is 11.6. The SMILES string of the molecule is CC1(C)[C@H](CN2CCOCC2)CC[C@]1(C)NCC(=O)N1CC(F)CC1C#N. The highest BCUT2D eigenvalue weighted by molar-refractivity contribution is 5.79. The maximum absolute atomic E-state index is 13.6. The Balaban J connectivity index is 1.57. The summed E-state index contributed by atoms with van der Waals surface area (Å²) in [6.07, 6.45) is 1.18. The highest BCUT2D eigenvalue weighted by atomic mass is 19.1. The van der Waals surface area contributed by atoms with Gasteiger partial charge in [0, 0.05) is 31.6 Å². The third kappa shape index (κ3) is 4.13. The van der Waals surface area contributed by atoms with E-state index in [4.69, 9.17) is 10.00 Å². The number of hydrogen-bond donors (Lipinski definition) is 1. The van der Waals surface area contributed by atoms with Crippen LogP contribution in [0.25, 0.3) is 0 Å². The van der Waals surface area contributed by atoms with Crippen LogP contribution >= 0.6 is 0 Å². The molecule has 0 aromatic rings. The molecular weight excluding hydrogens is 347 g/mol. The number of nitriles is 1. The minimum Gasteiger partial charge on any atom is -0.379 e. The fourth-order valence-electron chi connectivity index (χ4n) is 4.88.